The van der Waals surface area contributed by atoms with Crippen LogP contribution < -0.4 is 20.1 Å². The lowest BCUT2D eigenvalue weighted by Crippen LogP contribution is -2.24. The fourth-order valence-corrected chi connectivity index (χ4v) is 4.52. The molecule has 1 atom stereocenters. The van der Waals surface area contributed by atoms with Gasteiger partial charge in [-0.2, -0.15) is 0 Å². The standard InChI is InChI=1S/C27H26N2O8S/c1-4-23(25(31)29-21-14-17(36-2)9-11-22(21)37-3)38-18-7-5-6-16(13-18)28-24(30)19-10-8-15(26(32)33)12-20(19)27(34)35/h5-14,23H,4H2,1-3H3,(H,28,30)(H,29,31)(H,32,33)(H,34,35). The predicted octanol–water partition coefficient (Wildman–Crippen LogP) is 4.86. The fourth-order valence-electron chi connectivity index (χ4n) is 3.51. The normalized spacial score (nSPS) is 11.2. The first-order valence-electron chi connectivity index (χ1n) is 11.4. The zero-order chi connectivity index (χ0) is 27.8. The molecular weight excluding hydrogens is 512 g/mol. The van der Waals surface area contributed by atoms with Crippen molar-refractivity contribution >= 4 is 46.9 Å². The van der Waals surface area contributed by atoms with Crippen molar-refractivity contribution in [2.24, 2.45) is 0 Å². The van der Waals surface area contributed by atoms with Gasteiger partial charge in [-0.1, -0.05) is 13.0 Å². The van der Waals surface area contributed by atoms with Crippen molar-refractivity contribution < 1.29 is 38.9 Å². The van der Waals surface area contributed by atoms with Crippen molar-refractivity contribution in [3.05, 3.63) is 77.4 Å². The second-order valence-corrected chi connectivity index (χ2v) is 9.20. The van der Waals surface area contributed by atoms with Gasteiger partial charge in [0.15, 0.2) is 0 Å². The summed E-state index contributed by atoms with van der Waals surface area (Å²) in [5.74, 6) is -2.63. The molecule has 0 aliphatic carbocycles. The second kappa shape index (κ2) is 12.6. The van der Waals surface area contributed by atoms with Gasteiger partial charge in [0.25, 0.3) is 5.91 Å². The monoisotopic (exact) mass is 538 g/mol. The van der Waals surface area contributed by atoms with Gasteiger partial charge < -0.3 is 30.3 Å². The number of benzene rings is 3. The Labute approximate surface area is 223 Å². The summed E-state index contributed by atoms with van der Waals surface area (Å²) in [6.45, 7) is 1.87. The number of carbonyl (C=O) groups excluding carboxylic acids is 2. The van der Waals surface area contributed by atoms with Gasteiger partial charge in [-0.05, 0) is 55.0 Å². The first kappa shape index (κ1) is 28.1. The SMILES string of the molecule is CCC(Sc1cccc(NC(=O)c2ccc(C(=O)O)cc2C(=O)O)c1)C(=O)Nc1cc(OC)ccc1OC. The van der Waals surface area contributed by atoms with E-state index in [9.17, 15) is 24.3 Å². The topological polar surface area (TPSA) is 151 Å². The van der Waals surface area contributed by atoms with E-state index < -0.39 is 28.7 Å². The molecule has 0 radical (unpaired) electrons. The van der Waals surface area contributed by atoms with Crippen molar-refractivity contribution in [3.8, 4) is 11.5 Å². The molecule has 3 aromatic rings. The van der Waals surface area contributed by atoms with Crippen molar-refractivity contribution in [3.63, 3.8) is 0 Å². The summed E-state index contributed by atoms with van der Waals surface area (Å²) in [6.07, 6.45) is 0.511. The lowest BCUT2D eigenvalue weighted by atomic mass is 10.0. The molecule has 0 saturated heterocycles. The van der Waals surface area contributed by atoms with Crippen LogP contribution in [-0.4, -0.2) is 53.4 Å². The van der Waals surface area contributed by atoms with Crippen LogP contribution in [0.1, 0.15) is 44.4 Å². The Morgan fingerprint density at radius 3 is 2.26 bits per heavy atom. The van der Waals surface area contributed by atoms with Gasteiger partial charge in [0, 0.05) is 16.6 Å². The highest BCUT2D eigenvalue weighted by Crippen LogP contribution is 2.32. The average Bonchev–Trinajstić information content (AvgIpc) is 2.91. The van der Waals surface area contributed by atoms with Crippen molar-refractivity contribution in [2.45, 2.75) is 23.5 Å². The minimum atomic E-state index is -1.42. The molecule has 38 heavy (non-hydrogen) atoms. The number of aromatic carboxylic acids is 2. The minimum absolute atomic E-state index is 0.182. The van der Waals surface area contributed by atoms with Gasteiger partial charge in [0.1, 0.15) is 11.5 Å². The molecule has 0 aliphatic heterocycles. The van der Waals surface area contributed by atoms with Crippen LogP contribution in [-0.2, 0) is 4.79 Å². The van der Waals surface area contributed by atoms with Crippen molar-refractivity contribution in [1.82, 2.24) is 0 Å². The summed E-state index contributed by atoms with van der Waals surface area (Å²) >= 11 is 1.29. The number of nitrogens with one attached hydrogen (secondary N) is 2. The quantitative estimate of drug-likeness (QED) is 0.251. The highest BCUT2D eigenvalue weighted by atomic mass is 32.2. The van der Waals surface area contributed by atoms with E-state index in [1.54, 1.807) is 42.5 Å². The van der Waals surface area contributed by atoms with Crippen LogP contribution in [0.15, 0.2) is 65.6 Å². The van der Waals surface area contributed by atoms with E-state index in [4.69, 9.17) is 14.6 Å². The number of hydrogen-bond acceptors (Lipinski definition) is 7. The van der Waals surface area contributed by atoms with E-state index in [1.165, 1.54) is 26.0 Å². The Bertz CT molecular complexity index is 1370. The number of hydrogen-bond donors (Lipinski definition) is 4. The first-order chi connectivity index (χ1) is 18.2. The zero-order valence-corrected chi connectivity index (χ0v) is 21.6. The van der Waals surface area contributed by atoms with E-state index in [0.29, 0.717) is 34.2 Å². The lowest BCUT2D eigenvalue weighted by Gasteiger charge is -2.17. The van der Waals surface area contributed by atoms with Crippen LogP contribution in [0, 0.1) is 0 Å². The molecular formula is C27H26N2O8S. The smallest absolute Gasteiger partial charge is 0.336 e. The van der Waals surface area contributed by atoms with Crippen LogP contribution in [0.5, 0.6) is 11.5 Å². The van der Waals surface area contributed by atoms with Gasteiger partial charge in [0.2, 0.25) is 5.91 Å². The number of carboxylic acids is 2. The number of methoxy groups -OCH3 is 2. The van der Waals surface area contributed by atoms with E-state index in [0.717, 1.165) is 18.2 Å². The fraction of sp³-hybridized carbons (Fsp3) is 0.185. The van der Waals surface area contributed by atoms with Crippen LogP contribution >= 0.6 is 11.8 Å². The Morgan fingerprint density at radius 1 is 0.868 bits per heavy atom. The molecule has 2 amide bonds. The predicted molar refractivity (Wildman–Crippen MR) is 143 cm³/mol. The Balaban J connectivity index is 1.76. The van der Waals surface area contributed by atoms with Gasteiger partial charge >= 0.3 is 11.9 Å². The van der Waals surface area contributed by atoms with E-state index in [1.807, 2.05) is 6.92 Å². The molecule has 0 bridgehead atoms. The minimum Gasteiger partial charge on any atom is -0.497 e. The molecule has 0 aromatic heterocycles. The third-order valence-corrected chi connectivity index (χ3v) is 6.80. The molecule has 3 aromatic carbocycles. The summed E-state index contributed by atoms with van der Waals surface area (Å²) in [4.78, 5) is 49.3. The summed E-state index contributed by atoms with van der Waals surface area (Å²) in [7, 11) is 3.03. The maximum atomic E-state index is 13.0. The third kappa shape index (κ3) is 6.83. The zero-order valence-electron chi connectivity index (χ0n) is 20.8. The first-order valence-corrected chi connectivity index (χ1v) is 12.3. The van der Waals surface area contributed by atoms with Crippen molar-refractivity contribution in [1.29, 1.82) is 0 Å². The number of ether oxygens (including phenoxy) is 2. The average molecular weight is 539 g/mol. The summed E-state index contributed by atoms with van der Waals surface area (Å²) in [5, 5.41) is 23.6. The largest absolute Gasteiger partial charge is 0.497 e. The highest BCUT2D eigenvalue weighted by Gasteiger charge is 2.22. The molecule has 0 aliphatic rings. The summed E-state index contributed by atoms with van der Waals surface area (Å²) < 4.78 is 10.6. The van der Waals surface area contributed by atoms with E-state index >= 15 is 0 Å². The van der Waals surface area contributed by atoms with Crippen LogP contribution in [0.3, 0.4) is 0 Å². The van der Waals surface area contributed by atoms with Crippen LogP contribution in [0.4, 0.5) is 11.4 Å². The molecule has 0 saturated carbocycles. The number of rotatable bonds is 11. The molecule has 0 fully saturated rings. The molecule has 1 unspecified atom stereocenters. The molecule has 10 nitrogen and oxygen atoms in total. The highest BCUT2D eigenvalue weighted by molar-refractivity contribution is 8.00. The number of anilines is 2. The van der Waals surface area contributed by atoms with Crippen LogP contribution in [0.2, 0.25) is 0 Å². The number of amides is 2. The van der Waals surface area contributed by atoms with E-state index in [-0.39, 0.29) is 17.0 Å². The summed E-state index contributed by atoms with van der Waals surface area (Å²) in [5.41, 5.74) is -0.00142. The van der Waals surface area contributed by atoms with Gasteiger partial charge in [-0.25, -0.2) is 9.59 Å². The summed E-state index contributed by atoms with van der Waals surface area (Å²) in [6, 6.07) is 15.1. The Kier molecular flexibility index (Phi) is 9.33. The lowest BCUT2D eigenvalue weighted by molar-refractivity contribution is -0.115. The van der Waals surface area contributed by atoms with Crippen LogP contribution in [0.25, 0.3) is 0 Å². The number of carbonyl (C=O) groups is 4. The third-order valence-electron chi connectivity index (χ3n) is 5.44. The molecule has 0 heterocycles. The van der Waals surface area contributed by atoms with Gasteiger partial charge in [-0.15, -0.1) is 11.8 Å². The number of thioether (sulfide) groups is 1. The Morgan fingerprint density at radius 2 is 1.63 bits per heavy atom. The van der Waals surface area contributed by atoms with Crippen molar-refractivity contribution in [2.75, 3.05) is 24.9 Å². The molecule has 0 spiro atoms. The number of carboxylic acid groups (broad SMARTS) is 2. The molecule has 3 rings (SSSR count). The van der Waals surface area contributed by atoms with Gasteiger partial charge in [-0.3, -0.25) is 9.59 Å². The van der Waals surface area contributed by atoms with Gasteiger partial charge in [0.05, 0.1) is 41.8 Å². The molecule has 4 N–H and O–H groups in total. The second-order valence-electron chi connectivity index (χ2n) is 7.92. The maximum absolute atomic E-state index is 13.0. The molecule has 198 valence electrons. The van der Waals surface area contributed by atoms with E-state index in [2.05, 4.69) is 10.6 Å². The molecule has 11 heteroatoms. The maximum Gasteiger partial charge on any atom is 0.336 e. The Hall–Kier alpha value is -4.51.